The lowest BCUT2D eigenvalue weighted by atomic mass is 9.43. The van der Waals surface area contributed by atoms with Crippen LogP contribution in [0.25, 0.3) is 43.5 Å². The number of fused-ring (bicyclic) bond motifs is 7. The van der Waals surface area contributed by atoms with Crippen LogP contribution >= 0.6 is 8.16 Å². The first kappa shape index (κ1) is 25.7. The molecule has 5 aliphatic rings. The van der Waals surface area contributed by atoms with Gasteiger partial charge in [0.1, 0.15) is 11.2 Å². The minimum absolute atomic E-state index is 0.486. The largest absolute Gasteiger partial charge is 0.408 e. The topological polar surface area (TPSA) is 29.5 Å². The first-order valence-electron chi connectivity index (χ1n) is 16.6. The molecule has 4 aromatic carbocycles. The van der Waals surface area contributed by atoms with Gasteiger partial charge in [0.2, 0.25) is 0 Å². The molecule has 0 spiro atoms. The number of benzene rings is 4. The number of piperidine rings is 1. The average Bonchev–Trinajstić information content (AvgIpc) is 3.21. The van der Waals surface area contributed by atoms with E-state index in [0.717, 1.165) is 34.8 Å². The lowest BCUT2D eigenvalue weighted by Gasteiger charge is -2.66. The number of hydrogen-bond acceptors (Lipinski definition) is 3. The van der Waals surface area contributed by atoms with Gasteiger partial charge in [-0.15, -0.1) is 0 Å². The molecule has 4 heteroatoms. The quantitative estimate of drug-likeness (QED) is 0.210. The van der Waals surface area contributed by atoms with Crippen LogP contribution in [-0.2, 0) is 0 Å². The van der Waals surface area contributed by atoms with Crippen LogP contribution in [0, 0.1) is 29.1 Å². The van der Waals surface area contributed by atoms with Gasteiger partial charge in [0.15, 0.2) is 0 Å². The van der Waals surface area contributed by atoms with Crippen molar-refractivity contribution >= 4 is 51.6 Å². The van der Waals surface area contributed by atoms with Crippen molar-refractivity contribution in [3.05, 3.63) is 72.8 Å². The van der Waals surface area contributed by atoms with E-state index in [1.54, 1.807) is 0 Å². The molecule has 0 radical (unpaired) electrons. The molecular weight excluding hydrogens is 533 g/mol. The Bertz CT molecular complexity index is 1770. The molecule has 5 atom stereocenters. The maximum Gasteiger partial charge on any atom is 0.310 e. The van der Waals surface area contributed by atoms with Crippen molar-refractivity contribution in [1.82, 2.24) is 0 Å². The van der Waals surface area contributed by atoms with Crippen molar-refractivity contribution in [3.63, 3.8) is 0 Å². The van der Waals surface area contributed by atoms with E-state index < -0.39 is 8.16 Å². The Morgan fingerprint density at radius 2 is 1.29 bits per heavy atom. The van der Waals surface area contributed by atoms with Gasteiger partial charge >= 0.3 is 8.16 Å². The molecule has 0 unspecified atom stereocenters. The van der Waals surface area contributed by atoms with Crippen molar-refractivity contribution in [1.29, 1.82) is 0 Å². The third-order valence-electron chi connectivity index (χ3n) is 12.3. The molecule has 3 nitrogen and oxygen atoms in total. The second-order valence-corrected chi connectivity index (χ2v) is 15.8. The molecule has 2 bridgehead atoms. The number of nitrogens with zero attached hydrogens (tertiary/aromatic N) is 1. The first-order valence-corrected chi connectivity index (χ1v) is 17.7. The highest BCUT2D eigenvalue weighted by atomic mass is 31.1. The zero-order valence-corrected chi connectivity index (χ0v) is 25.9. The predicted octanol–water partition coefficient (Wildman–Crippen LogP) is 11.3. The van der Waals surface area contributed by atoms with Crippen molar-refractivity contribution in [2.75, 3.05) is 4.67 Å². The van der Waals surface area contributed by atoms with Gasteiger partial charge in [0.05, 0.1) is 0 Å². The molecule has 2 heterocycles. The summed E-state index contributed by atoms with van der Waals surface area (Å²) in [5.74, 6) is 3.18. The number of hydrogen-bond donors (Lipinski definition) is 0. The van der Waals surface area contributed by atoms with Crippen molar-refractivity contribution < 1.29 is 8.39 Å². The summed E-state index contributed by atoms with van der Waals surface area (Å²) in [5, 5.41) is 7.37. The number of rotatable bonds is 2. The lowest BCUT2D eigenvalue weighted by molar-refractivity contribution is -0.125. The summed E-state index contributed by atoms with van der Waals surface area (Å²) in [6.45, 7) is 5.10. The molecule has 5 fully saturated rings. The SMILES string of the molecule is CC1(C)[C@@H]2C[C@@H]3[C@@H](CC[C@H](C4CCCCC4)N3p3oc4ccc5ccccc5c4c4c(ccc5ccccc54)o3)[C@@H]1C2. The zero-order chi connectivity index (χ0) is 28.0. The van der Waals surface area contributed by atoms with E-state index in [-0.39, 0.29) is 0 Å². The molecule has 10 rings (SSSR count). The zero-order valence-electron chi connectivity index (χ0n) is 25.0. The average molecular weight is 576 g/mol. The van der Waals surface area contributed by atoms with E-state index in [9.17, 15) is 0 Å². The summed E-state index contributed by atoms with van der Waals surface area (Å²) >= 11 is 0. The molecule has 1 aromatic heterocycles. The Labute approximate surface area is 249 Å². The van der Waals surface area contributed by atoms with Crippen LogP contribution in [0.3, 0.4) is 0 Å². The van der Waals surface area contributed by atoms with Gasteiger partial charge in [0.25, 0.3) is 0 Å². The minimum atomic E-state index is -1.30. The van der Waals surface area contributed by atoms with Gasteiger partial charge in [-0.05, 0) is 101 Å². The Hall–Kier alpha value is -2.74. The van der Waals surface area contributed by atoms with Gasteiger partial charge in [-0.1, -0.05) is 93.8 Å². The molecule has 0 amide bonds. The Balaban J connectivity index is 1.32. The van der Waals surface area contributed by atoms with E-state index in [4.69, 9.17) is 8.39 Å². The van der Waals surface area contributed by atoms with Crippen LogP contribution < -0.4 is 4.67 Å². The normalized spacial score (nSPS) is 29.5. The second kappa shape index (κ2) is 9.63. The minimum Gasteiger partial charge on any atom is -0.408 e. The first-order chi connectivity index (χ1) is 20.6. The molecule has 1 saturated heterocycles. The van der Waals surface area contributed by atoms with E-state index in [0.29, 0.717) is 17.5 Å². The van der Waals surface area contributed by atoms with Gasteiger partial charge in [0, 0.05) is 22.9 Å². The van der Waals surface area contributed by atoms with Crippen molar-refractivity contribution in [2.45, 2.75) is 83.7 Å². The molecule has 216 valence electrons. The highest BCUT2D eigenvalue weighted by Gasteiger charge is 2.61. The maximum atomic E-state index is 7.28. The van der Waals surface area contributed by atoms with Crippen LogP contribution in [0.4, 0.5) is 0 Å². The van der Waals surface area contributed by atoms with Crippen LogP contribution in [0.2, 0.25) is 0 Å². The summed E-state index contributed by atoms with van der Waals surface area (Å²) in [5.41, 5.74) is 2.46. The summed E-state index contributed by atoms with van der Waals surface area (Å²) in [4.78, 5) is 0. The molecular formula is C38H42NO2P. The molecule has 4 saturated carbocycles. The summed E-state index contributed by atoms with van der Waals surface area (Å²) in [7, 11) is -1.30. The second-order valence-electron chi connectivity index (χ2n) is 14.5. The molecule has 0 N–H and O–H groups in total. The highest BCUT2D eigenvalue weighted by molar-refractivity contribution is 7.39. The fourth-order valence-corrected chi connectivity index (χ4v) is 11.9. The third kappa shape index (κ3) is 3.75. The van der Waals surface area contributed by atoms with Crippen LogP contribution in [0.15, 0.2) is 81.2 Å². The highest BCUT2D eigenvalue weighted by Crippen LogP contribution is 2.65. The van der Waals surface area contributed by atoms with Crippen LogP contribution in [-0.4, -0.2) is 12.1 Å². The molecule has 5 aromatic rings. The Morgan fingerprint density at radius 3 is 1.90 bits per heavy atom. The standard InChI is InChI=1S/C38H42NO2P/c1-38(2)27-22-31(38)30-18-19-32(26-12-4-3-5-13-26)39(33(30)23-27)42-40-34-20-16-24-10-6-8-14-28(24)36(34)37-29-15-9-7-11-25(29)17-21-35(37)41-42/h6-11,14-17,20-21,26-27,30-33H,3-5,12-13,18-19,22-23H2,1-2H3/t27-,30-,31-,32+,33+/m0/s1. The van der Waals surface area contributed by atoms with Gasteiger partial charge in [-0.3, -0.25) is 0 Å². The maximum absolute atomic E-state index is 7.28. The van der Waals surface area contributed by atoms with Crippen LogP contribution in [0.5, 0.6) is 0 Å². The van der Waals surface area contributed by atoms with E-state index in [2.05, 4.69) is 91.3 Å². The summed E-state index contributed by atoms with van der Waals surface area (Å²) in [6.07, 6.45) is 12.3. The fraction of sp³-hybridized carbons (Fsp3) is 0.474. The molecule has 42 heavy (non-hydrogen) atoms. The Kier molecular flexibility index (Phi) is 5.90. The van der Waals surface area contributed by atoms with Crippen LogP contribution in [0.1, 0.15) is 71.6 Å². The van der Waals surface area contributed by atoms with E-state index >= 15 is 0 Å². The van der Waals surface area contributed by atoms with E-state index in [1.807, 2.05) is 0 Å². The monoisotopic (exact) mass is 575 g/mol. The smallest absolute Gasteiger partial charge is 0.310 e. The molecule has 4 aliphatic carbocycles. The van der Waals surface area contributed by atoms with Crippen molar-refractivity contribution in [3.8, 4) is 0 Å². The third-order valence-corrected chi connectivity index (χ3v) is 14.0. The fourth-order valence-electron chi connectivity index (χ4n) is 10.0. The Morgan fingerprint density at radius 1 is 0.667 bits per heavy atom. The lowest BCUT2D eigenvalue weighted by Crippen LogP contribution is -2.65. The van der Waals surface area contributed by atoms with E-state index in [1.165, 1.54) is 90.1 Å². The van der Waals surface area contributed by atoms with Gasteiger partial charge in [-0.2, -0.15) is 4.67 Å². The van der Waals surface area contributed by atoms with Gasteiger partial charge in [-0.25, -0.2) is 0 Å². The van der Waals surface area contributed by atoms with Crippen molar-refractivity contribution in [2.24, 2.45) is 29.1 Å². The molecule has 1 aliphatic heterocycles. The summed E-state index contributed by atoms with van der Waals surface area (Å²) in [6, 6.07) is 27.6. The van der Waals surface area contributed by atoms with Gasteiger partial charge < -0.3 is 8.39 Å². The summed E-state index contributed by atoms with van der Waals surface area (Å²) < 4.78 is 17.4. The predicted molar refractivity (Wildman–Crippen MR) is 176 cm³/mol.